The molecule has 8 heteroatoms. The van der Waals surface area contributed by atoms with E-state index >= 15 is 0 Å². The summed E-state index contributed by atoms with van der Waals surface area (Å²) in [5.41, 5.74) is 6.57. The van der Waals surface area contributed by atoms with Gasteiger partial charge in [-0.05, 0) is 6.42 Å². The Morgan fingerprint density at radius 1 is 1.65 bits per heavy atom. The van der Waals surface area contributed by atoms with Crippen molar-refractivity contribution in [2.24, 2.45) is 0 Å². The third-order valence-electron chi connectivity index (χ3n) is 2.18. The molecule has 0 aliphatic heterocycles. The summed E-state index contributed by atoms with van der Waals surface area (Å²) in [7, 11) is 0. The number of carboxylic acid groups (broad SMARTS) is 1. The van der Waals surface area contributed by atoms with E-state index in [1.807, 2.05) is 0 Å². The Balaban J connectivity index is 2.31. The smallest absolute Gasteiger partial charge is 0.183 e. The maximum atomic E-state index is 10.8. The van der Waals surface area contributed by atoms with Crippen LogP contribution in [0.3, 0.4) is 0 Å². The van der Waals surface area contributed by atoms with Crippen LogP contribution in [0.2, 0.25) is 0 Å². The molecular weight excluding hydrogens is 242 g/mol. The van der Waals surface area contributed by atoms with Crippen molar-refractivity contribution in [1.82, 2.24) is 19.9 Å². The van der Waals surface area contributed by atoms with Crippen LogP contribution in [0.4, 0.5) is 5.82 Å². The second kappa shape index (κ2) is 4.58. The molecule has 2 aromatic heterocycles. The van der Waals surface area contributed by atoms with Crippen LogP contribution in [0.15, 0.2) is 11.5 Å². The Morgan fingerprint density at radius 3 is 3.00 bits per heavy atom. The van der Waals surface area contributed by atoms with Gasteiger partial charge in [0.2, 0.25) is 0 Å². The number of nitrogens with zero attached hydrogens (tertiary/aromatic N) is 3. The van der Waals surface area contributed by atoms with Crippen molar-refractivity contribution < 1.29 is 9.90 Å². The first kappa shape index (κ1) is 11.6. The van der Waals surface area contributed by atoms with Crippen molar-refractivity contribution in [2.45, 2.75) is 23.8 Å². The van der Waals surface area contributed by atoms with Gasteiger partial charge >= 0.3 is 0 Å². The lowest BCUT2D eigenvalue weighted by Crippen LogP contribution is -2.33. The van der Waals surface area contributed by atoms with Crippen molar-refractivity contribution in [3.63, 3.8) is 0 Å². The van der Waals surface area contributed by atoms with Crippen LogP contribution in [0.1, 0.15) is 13.3 Å². The number of nitrogen functional groups attached to an aromatic ring is 1. The number of hydrogen-bond donors (Lipinski definition) is 2. The average molecular weight is 252 g/mol. The number of aromatic amines is 1. The van der Waals surface area contributed by atoms with Gasteiger partial charge in [-0.25, -0.2) is 15.0 Å². The number of nitrogens with two attached hydrogens (primary N) is 1. The Morgan fingerprint density at radius 2 is 2.41 bits per heavy atom. The molecule has 0 saturated heterocycles. The lowest BCUT2D eigenvalue weighted by Gasteiger charge is -2.12. The zero-order valence-electron chi connectivity index (χ0n) is 9.01. The normalized spacial score (nSPS) is 12.8. The summed E-state index contributed by atoms with van der Waals surface area (Å²) < 4.78 is 0. The van der Waals surface area contributed by atoms with Crippen molar-refractivity contribution in [1.29, 1.82) is 0 Å². The minimum Gasteiger partial charge on any atom is -0.549 e. The molecule has 0 spiro atoms. The second-order valence-electron chi connectivity index (χ2n) is 3.33. The van der Waals surface area contributed by atoms with Gasteiger partial charge in [-0.1, -0.05) is 18.7 Å². The predicted octanol–water partition coefficient (Wildman–Crippen LogP) is -0.444. The lowest BCUT2D eigenvalue weighted by molar-refractivity contribution is -0.304. The molecule has 0 aliphatic carbocycles. The lowest BCUT2D eigenvalue weighted by atomic mass is 10.3. The largest absolute Gasteiger partial charge is 0.549 e. The number of nitrogens with one attached hydrogen (secondary N) is 1. The molecule has 0 aliphatic rings. The molecular formula is C9H10N5O2S-. The monoisotopic (exact) mass is 252 g/mol. The molecule has 1 atom stereocenters. The van der Waals surface area contributed by atoms with E-state index < -0.39 is 11.2 Å². The minimum absolute atomic E-state index is 0.288. The number of aromatic nitrogens is 4. The van der Waals surface area contributed by atoms with Crippen molar-refractivity contribution in [2.75, 3.05) is 5.73 Å². The summed E-state index contributed by atoms with van der Waals surface area (Å²) in [5, 5.41) is 10.6. The first-order valence-corrected chi connectivity index (χ1v) is 5.83. The van der Waals surface area contributed by atoms with Crippen LogP contribution in [0, 0.1) is 0 Å². The number of carbonyl (C=O) groups is 1. The van der Waals surface area contributed by atoms with Gasteiger partial charge in [0.05, 0.1) is 11.2 Å². The molecule has 90 valence electrons. The van der Waals surface area contributed by atoms with Crippen LogP contribution >= 0.6 is 11.8 Å². The first-order valence-electron chi connectivity index (χ1n) is 4.95. The molecule has 2 rings (SSSR count). The number of H-pyrrole nitrogens is 1. The molecule has 0 radical (unpaired) electrons. The molecule has 0 fully saturated rings. The van der Waals surface area contributed by atoms with Gasteiger partial charge in [-0.15, -0.1) is 0 Å². The van der Waals surface area contributed by atoms with E-state index in [0.29, 0.717) is 22.7 Å². The van der Waals surface area contributed by atoms with Crippen LogP contribution in [-0.4, -0.2) is 31.2 Å². The first-order chi connectivity index (χ1) is 8.11. The Hall–Kier alpha value is -1.83. The quantitative estimate of drug-likeness (QED) is 0.707. The predicted molar refractivity (Wildman–Crippen MR) is 61.0 cm³/mol. The van der Waals surface area contributed by atoms with E-state index in [2.05, 4.69) is 19.9 Å². The summed E-state index contributed by atoms with van der Waals surface area (Å²) in [6, 6.07) is 0. The number of thioether (sulfide) groups is 1. The van der Waals surface area contributed by atoms with Gasteiger partial charge < -0.3 is 20.6 Å². The molecule has 17 heavy (non-hydrogen) atoms. The molecule has 0 amide bonds. The zero-order valence-corrected chi connectivity index (χ0v) is 9.82. The Labute approximate surface area is 101 Å². The fourth-order valence-corrected chi connectivity index (χ4v) is 2.15. The van der Waals surface area contributed by atoms with Gasteiger partial charge in [-0.2, -0.15) is 0 Å². The van der Waals surface area contributed by atoms with E-state index in [9.17, 15) is 9.90 Å². The fraction of sp³-hybridized carbons (Fsp3) is 0.333. The number of carboxylic acids is 1. The number of rotatable bonds is 4. The zero-order chi connectivity index (χ0) is 12.4. The van der Waals surface area contributed by atoms with Crippen molar-refractivity contribution >= 4 is 34.7 Å². The van der Waals surface area contributed by atoms with Gasteiger partial charge in [0.1, 0.15) is 11.8 Å². The number of aliphatic carboxylic acids is 1. The highest BCUT2D eigenvalue weighted by atomic mass is 32.2. The summed E-state index contributed by atoms with van der Waals surface area (Å²) in [5.74, 6) is -0.826. The van der Waals surface area contributed by atoms with E-state index in [0.717, 1.165) is 11.8 Å². The molecule has 0 bridgehead atoms. The number of hydrogen-bond acceptors (Lipinski definition) is 7. The number of anilines is 1. The molecule has 2 aromatic rings. The Kier molecular flexibility index (Phi) is 3.14. The van der Waals surface area contributed by atoms with Crippen LogP contribution in [-0.2, 0) is 4.79 Å². The van der Waals surface area contributed by atoms with E-state index in [1.54, 1.807) is 6.92 Å². The van der Waals surface area contributed by atoms with Crippen LogP contribution in [0.25, 0.3) is 11.2 Å². The molecule has 7 nitrogen and oxygen atoms in total. The highest BCUT2D eigenvalue weighted by Crippen LogP contribution is 2.25. The highest BCUT2D eigenvalue weighted by Gasteiger charge is 2.14. The average Bonchev–Trinajstić information content (AvgIpc) is 2.69. The fourth-order valence-electron chi connectivity index (χ4n) is 1.31. The van der Waals surface area contributed by atoms with E-state index in [4.69, 9.17) is 5.73 Å². The summed E-state index contributed by atoms with van der Waals surface area (Å²) in [6.45, 7) is 1.77. The summed E-state index contributed by atoms with van der Waals surface area (Å²) in [4.78, 5) is 25.6. The highest BCUT2D eigenvalue weighted by molar-refractivity contribution is 8.00. The van der Waals surface area contributed by atoms with Gasteiger partial charge in [-0.3, -0.25) is 0 Å². The number of imidazole rings is 1. The van der Waals surface area contributed by atoms with Crippen LogP contribution < -0.4 is 10.8 Å². The molecule has 0 saturated carbocycles. The maximum absolute atomic E-state index is 10.8. The SMILES string of the molecule is CC[C@H](Sc1nc2ncnc(N)c2[nH]1)C(=O)[O-]. The van der Waals surface area contributed by atoms with E-state index in [-0.39, 0.29) is 5.82 Å². The minimum atomic E-state index is -1.11. The second-order valence-corrected chi connectivity index (χ2v) is 4.52. The molecule has 3 N–H and O–H groups in total. The van der Waals surface area contributed by atoms with Crippen LogP contribution in [0.5, 0.6) is 0 Å². The van der Waals surface area contributed by atoms with Gasteiger partial charge in [0.15, 0.2) is 16.6 Å². The summed E-state index contributed by atoms with van der Waals surface area (Å²) >= 11 is 1.08. The van der Waals surface area contributed by atoms with Crippen molar-refractivity contribution in [3.8, 4) is 0 Å². The molecule has 0 aromatic carbocycles. The third kappa shape index (κ3) is 2.31. The van der Waals surface area contributed by atoms with Gasteiger partial charge in [0, 0.05) is 0 Å². The third-order valence-corrected chi connectivity index (χ3v) is 3.41. The topological polar surface area (TPSA) is 121 Å². The number of fused-ring (bicyclic) bond motifs is 1. The molecule has 0 unspecified atom stereocenters. The standard InChI is InChI=1S/C9H11N5O2S/c1-2-4(8(15)16)17-9-13-5-6(10)11-3-12-7(5)14-9/h3-4H,2H2,1H3,(H,15,16)(H3,10,11,12,13,14)/p-1/t4-/m0/s1. The van der Waals surface area contributed by atoms with E-state index in [1.165, 1.54) is 6.33 Å². The number of carbonyl (C=O) groups excluding carboxylic acids is 1. The maximum Gasteiger partial charge on any atom is 0.183 e. The molecule has 2 heterocycles. The van der Waals surface area contributed by atoms with Gasteiger partial charge in [0.25, 0.3) is 0 Å². The summed E-state index contributed by atoms with van der Waals surface area (Å²) in [6.07, 6.45) is 1.76. The van der Waals surface area contributed by atoms with Crippen molar-refractivity contribution in [3.05, 3.63) is 6.33 Å². The Bertz CT molecular complexity index is 555.